The standard InChI is InChI=1S/C49H95NO6/c1-11-50(12-2)36-33-46-39-55-49(56-46,34-25-21-17-13-15-19-23-27-47(51)53-37-44(42(7)8)31-29-40(3)4)35-26-22-18-14-16-20-24-28-48(52)54-38-45(43(9)10)32-30-41(5)6/h40-46H,11-39H2,1-10H3. The first-order valence-corrected chi connectivity index (χ1v) is 24.2. The van der Waals surface area contributed by atoms with Crippen LogP contribution in [0.15, 0.2) is 0 Å². The average molecular weight is 794 g/mol. The smallest absolute Gasteiger partial charge is 0.305 e. The van der Waals surface area contributed by atoms with Crippen LogP contribution in [0, 0.1) is 35.5 Å². The summed E-state index contributed by atoms with van der Waals surface area (Å²) in [6, 6.07) is 0. The molecule has 1 aliphatic rings. The van der Waals surface area contributed by atoms with E-state index in [1.165, 1.54) is 64.2 Å². The molecule has 0 aromatic carbocycles. The lowest BCUT2D eigenvalue weighted by molar-refractivity contribution is -0.180. The van der Waals surface area contributed by atoms with Gasteiger partial charge < -0.3 is 23.8 Å². The number of carbonyl (C=O) groups excluding carboxylic acids is 2. The molecule has 7 nitrogen and oxygen atoms in total. The molecule has 0 radical (unpaired) electrons. The van der Waals surface area contributed by atoms with E-state index in [9.17, 15) is 9.59 Å². The molecule has 7 heteroatoms. The predicted octanol–water partition coefficient (Wildman–Crippen LogP) is 13.4. The Morgan fingerprint density at radius 2 is 0.982 bits per heavy atom. The van der Waals surface area contributed by atoms with Gasteiger partial charge in [-0.05, 0) is 93.5 Å². The molecule has 0 N–H and O–H groups in total. The Hall–Kier alpha value is -1.18. The van der Waals surface area contributed by atoms with Crippen LogP contribution in [0.3, 0.4) is 0 Å². The number of hydrogen-bond donors (Lipinski definition) is 0. The van der Waals surface area contributed by atoms with Crippen LogP contribution in [0.25, 0.3) is 0 Å². The maximum Gasteiger partial charge on any atom is 0.305 e. The predicted molar refractivity (Wildman–Crippen MR) is 236 cm³/mol. The third-order valence-corrected chi connectivity index (χ3v) is 12.5. The van der Waals surface area contributed by atoms with Crippen molar-refractivity contribution in [1.29, 1.82) is 0 Å². The summed E-state index contributed by atoms with van der Waals surface area (Å²) in [5.41, 5.74) is 0. The van der Waals surface area contributed by atoms with Gasteiger partial charge in [0.2, 0.25) is 0 Å². The van der Waals surface area contributed by atoms with Crippen molar-refractivity contribution in [2.24, 2.45) is 35.5 Å². The van der Waals surface area contributed by atoms with Crippen molar-refractivity contribution in [2.75, 3.05) is 39.5 Å². The van der Waals surface area contributed by atoms with E-state index in [1.807, 2.05) is 0 Å². The molecule has 1 aliphatic heterocycles. The van der Waals surface area contributed by atoms with E-state index >= 15 is 0 Å². The van der Waals surface area contributed by atoms with E-state index in [-0.39, 0.29) is 18.0 Å². The Morgan fingerprint density at radius 3 is 1.36 bits per heavy atom. The molecule has 3 unspecified atom stereocenters. The summed E-state index contributed by atoms with van der Waals surface area (Å²) >= 11 is 0. The molecule has 332 valence electrons. The maximum absolute atomic E-state index is 12.4. The minimum Gasteiger partial charge on any atom is -0.465 e. The third kappa shape index (κ3) is 26.7. The van der Waals surface area contributed by atoms with Crippen molar-refractivity contribution in [3.8, 4) is 0 Å². The van der Waals surface area contributed by atoms with Crippen molar-refractivity contribution < 1.29 is 28.5 Å². The minimum absolute atomic E-state index is 0.0191. The van der Waals surface area contributed by atoms with Gasteiger partial charge in [0.05, 0.1) is 25.9 Å². The highest BCUT2D eigenvalue weighted by Gasteiger charge is 2.40. The van der Waals surface area contributed by atoms with E-state index in [0.717, 1.165) is 96.9 Å². The zero-order chi connectivity index (χ0) is 41.6. The highest BCUT2D eigenvalue weighted by atomic mass is 16.7. The topological polar surface area (TPSA) is 74.3 Å². The second-order valence-corrected chi connectivity index (χ2v) is 19.0. The highest BCUT2D eigenvalue weighted by Crippen LogP contribution is 2.36. The monoisotopic (exact) mass is 794 g/mol. The summed E-state index contributed by atoms with van der Waals surface area (Å²) < 4.78 is 24.6. The summed E-state index contributed by atoms with van der Waals surface area (Å²) in [6.45, 7) is 27.6. The third-order valence-electron chi connectivity index (χ3n) is 12.5. The number of unbranched alkanes of at least 4 members (excludes halogenated alkanes) is 12. The van der Waals surface area contributed by atoms with E-state index in [1.54, 1.807) is 0 Å². The Kier molecular flexibility index (Phi) is 30.8. The van der Waals surface area contributed by atoms with Gasteiger partial charge in [0.15, 0.2) is 5.79 Å². The summed E-state index contributed by atoms with van der Waals surface area (Å²) in [4.78, 5) is 27.2. The van der Waals surface area contributed by atoms with Crippen molar-refractivity contribution in [1.82, 2.24) is 4.90 Å². The van der Waals surface area contributed by atoms with Gasteiger partial charge in [-0.1, -0.05) is 146 Å². The molecule has 0 aromatic rings. The minimum atomic E-state index is -0.415. The summed E-state index contributed by atoms with van der Waals surface area (Å²) in [5.74, 6) is 2.97. The van der Waals surface area contributed by atoms with Crippen LogP contribution in [-0.4, -0.2) is 68.2 Å². The van der Waals surface area contributed by atoms with E-state index in [4.69, 9.17) is 18.9 Å². The fourth-order valence-corrected chi connectivity index (χ4v) is 7.96. The van der Waals surface area contributed by atoms with Crippen LogP contribution < -0.4 is 0 Å². The molecule has 0 aliphatic carbocycles. The Bertz CT molecular complexity index is 889. The molecule has 1 heterocycles. The normalized spacial score (nSPS) is 18.5. The zero-order valence-electron chi connectivity index (χ0n) is 38.9. The van der Waals surface area contributed by atoms with Crippen LogP contribution in [0.1, 0.15) is 217 Å². The van der Waals surface area contributed by atoms with Gasteiger partial charge in [0, 0.05) is 32.2 Å². The molecule has 0 bridgehead atoms. The number of ether oxygens (including phenoxy) is 4. The number of rotatable bonds is 37. The van der Waals surface area contributed by atoms with E-state index in [0.29, 0.717) is 61.6 Å². The molecular formula is C49H95NO6. The lowest BCUT2D eigenvalue weighted by Crippen LogP contribution is -2.32. The molecule has 0 amide bonds. The fraction of sp³-hybridized carbons (Fsp3) is 0.959. The Morgan fingerprint density at radius 1 is 0.589 bits per heavy atom. The molecule has 0 aromatic heterocycles. The van der Waals surface area contributed by atoms with Gasteiger partial charge in [-0.2, -0.15) is 0 Å². The molecule has 0 spiro atoms. The molecule has 56 heavy (non-hydrogen) atoms. The second-order valence-electron chi connectivity index (χ2n) is 19.0. The Balaban J connectivity index is 2.32. The number of hydrogen-bond acceptors (Lipinski definition) is 7. The molecule has 3 atom stereocenters. The SMILES string of the molecule is CCN(CC)CCC1COC(CCCCCCCCCC(=O)OCC(CCC(C)C)C(C)C)(CCCCCCCCCC(=O)OCC(CCC(C)C)C(C)C)O1. The Labute approximate surface area is 348 Å². The summed E-state index contributed by atoms with van der Waals surface area (Å²) in [7, 11) is 0. The van der Waals surface area contributed by atoms with Gasteiger partial charge in [-0.3, -0.25) is 9.59 Å². The lowest BCUT2D eigenvalue weighted by atomic mass is 9.89. The van der Waals surface area contributed by atoms with Crippen LogP contribution in [0.5, 0.6) is 0 Å². The van der Waals surface area contributed by atoms with Crippen LogP contribution >= 0.6 is 0 Å². The summed E-state index contributed by atoms with van der Waals surface area (Å²) in [5, 5.41) is 0. The molecule has 1 saturated heterocycles. The summed E-state index contributed by atoms with van der Waals surface area (Å²) in [6.07, 6.45) is 25.0. The van der Waals surface area contributed by atoms with Gasteiger partial charge in [-0.25, -0.2) is 0 Å². The first-order valence-electron chi connectivity index (χ1n) is 24.2. The number of nitrogens with zero attached hydrogens (tertiary/aromatic N) is 1. The molecular weight excluding hydrogens is 699 g/mol. The molecule has 1 rings (SSSR count). The number of carbonyl (C=O) groups is 2. The fourth-order valence-electron chi connectivity index (χ4n) is 7.96. The van der Waals surface area contributed by atoms with Gasteiger partial charge in [-0.15, -0.1) is 0 Å². The average Bonchev–Trinajstić information content (AvgIpc) is 3.55. The van der Waals surface area contributed by atoms with Crippen molar-refractivity contribution in [2.45, 2.75) is 229 Å². The maximum atomic E-state index is 12.4. The first kappa shape index (κ1) is 52.8. The lowest BCUT2D eigenvalue weighted by Gasteiger charge is -2.29. The quantitative estimate of drug-likeness (QED) is 0.0458. The van der Waals surface area contributed by atoms with Crippen molar-refractivity contribution >= 4 is 11.9 Å². The van der Waals surface area contributed by atoms with Gasteiger partial charge in [0.1, 0.15) is 0 Å². The second kappa shape index (κ2) is 32.6. The van der Waals surface area contributed by atoms with Gasteiger partial charge in [0.25, 0.3) is 0 Å². The molecule has 0 saturated carbocycles. The van der Waals surface area contributed by atoms with Crippen LogP contribution in [-0.2, 0) is 28.5 Å². The van der Waals surface area contributed by atoms with Crippen molar-refractivity contribution in [3.05, 3.63) is 0 Å². The van der Waals surface area contributed by atoms with Gasteiger partial charge >= 0.3 is 11.9 Å². The van der Waals surface area contributed by atoms with E-state index in [2.05, 4.69) is 74.1 Å². The van der Waals surface area contributed by atoms with Crippen LogP contribution in [0.4, 0.5) is 0 Å². The van der Waals surface area contributed by atoms with Crippen LogP contribution in [0.2, 0.25) is 0 Å². The van der Waals surface area contributed by atoms with E-state index < -0.39 is 5.79 Å². The zero-order valence-corrected chi connectivity index (χ0v) is 38.9. The first-order chi connectivity index (χ1) is 26.8. The number of esters is 2. The van der Waals surface area contributed by atoms with Crippen molar-refractivity contribution in [3.63, 3.8) is 0 Å². The highest BCUT2D eigenvalue weighted by molar-refractivity contribution is 5.69. The largest absolute Gasteiger partial charge is 0.465 e. The molecule has 1 fully saturated rings.